The van der Waals surface area contributed by atoms with Crippen molar-refractivity contribution >= 4 is 11.7 Å². The number of hydrogen-bond donors (Lipinski definition) is 2. The molecule has 0 unspecified atom stereocenters. The minimum atomic E-state index is -0.766. The Labute approximate surface area is 134 Å². The van der Waals surface area contributed by atoms with Crippen LogP contribution in [-0.2, 0) is 11.3 Å². The zero-order chi connectivity index (χ0) is 16.7. The number of anilines is 1. The van der Waals surface area contributed by atoms with Crippen LogP contribution in [0.1, 0.15) is 32.6 Å². The van der Waals surface area contributed by atoms with Crippen molar-refractivity contribution in [2.75, 3.05) is 12.3 Å². The molecule has 0 fully saturated rings. The van der Waals surface area contributed by atoms with E-state index in [9.17, 15) is 4.79 Å². The van der Waals surface area contributed by atoms with E-state index in [4.69, 9.17) is 15.6 Å². The SMILES string of the molecule is CCOc1ccc(-c2nnnn2CCCCCC(=O)O)cc1N. The summed E-state index contributed by atoms with van der Waals surface area (Å²) in [5.74, 6) is 0.514. The van der Waals surface area contributed by atoms with Crippen molar-refractivity contribution in [2.45, 2.75) is 39.2 Å². The normalized spacial score (nSPS) is 10.7. The van der Waals surface area contributed by atoms with Crippen LogP contribution < -0.4 is 10.5 Å². The van der Waals surface area contributed by atoms with Crippen molar-refractivity contribution < 1.29 is 14.6 Å². The molecule has 8 nitrogen and oxygen atoms in total. The van der Waals surface area contributed by atoms with Crippen LogP contribution in [-0.4, -0.2) is 37.9 Å². The zero-order valence-electron chi connectivity index (χ0n) is 13.1. The Kier molecular flexibility index (Phi) is 5.90. The molecule has 0 aliphatic heterocycles. The van der Waals surface area contributed by atoms with Crippen molar-refractivity contribution in [3.05, 3.63) is 18.2 Å². The maximum atomic E-state index is 10.5. The third-order valence-electron chi connectivity index (χ3n) is 3.36. The molecular weight excluding hydrogens is 298 g/mol. The van der Waals surface area contributed by atoms with Gasteiger partial charge < -0.3 is 15.6 Å². The molecule has 2 rings (SSSR count). The Morgan fingerprint density at radius 3 is 2.87 bits per heavy atom. The summed E-state index contributed by atoms with van der Waals surface area (Å²) in [6.07, 6.45) is 2.48. The molecule has 1 aromatic heterocycles. The molecule has 1 heterocycles. The summed E-state index contributed by atoms with van der Waals surface area (Å²) in [6, 6.07) is 5.46. The van der Waals surface area contributed by atoms with Crippen molar-refractivity contribution in [2.24, 2.45) is 0 Å². The van der Waals surface area contributed by atoms with Gasteiger partial charge in [0.05, 0.1) is 12.3 Å². The summed E-state index contributed by atoms with van der Waals surface area (Å²) in [5, 5.41) is 20.3. The molecule has 0 aliphatic carbocycles. The lowest BCUT2D eigenvalue weighted by atomic mass is 10.1. The number of aryl methyl sites for hydroxylation is 1. The lowest BCUT2D eigenvalue weighted by molar-refractivity contribution is -0.137. The predicted octanol–water partition coefficient (Wildman–Crippen LogP) is 1.97. The van der Waals surface area contributed by atoms with Crippen molar-refractivity contribution in [3.63, 3.8) is 0 Å². The van der Waals surface area contributed by atoms with Gasteiger partial charge in [-0.1, -0.05) is 6.42 Å². The molecule has 0 radical (unpaired) electrons. The minimum absolute atomic E-state index is 0.192. The predicted molar refractivity (Wildman–Crippen MR) is 84.9 cm³/mol. The van der Waals surface area contributed by atoms with Gasteiger partial charge >= 0.3 is 5.97 Å². The molecule has 0 atom stereocenters. The molecule has 0 saturated carbocycles. The Balaban J connectivity index is 2.00. The largest absolute Gasteiger partial charge is 0.492 e. The lowest BCUT2D eigenvalue weighted by Crippen LogP contribution is -2.04. The number of nitrogens with two attached hydrogens (primary N) is 1. The van der Waals surface area contributed by atoms with Gasteiger partial charge in [0.25, 0.3) is 0 Å². The van der Waals surface area contributed by atoms with E-state index in [2.05, 4.69) is 15.5 Å². The van der Waals surface area contributed by atoms with Gasteiger partial charge in [-0.3, -0.25) is 4.79 Å². The summed E-state index contributed by atoms with van der Waals surface area (Å²) in [7, 11) is 0. The average Bonchev–Trinajstić information content (AvgIpc) is 2.97. The smallest absolute Gasteiger partial charge is 0.303 e. The number of ether oxygens (including phenoxy) is 1. The number of benzene rings is 1. The van der Waals surface area contributed by atoms with Crippen LogP contribution in [0.25, 0.3) is 11.4 Å². The number of hydrogen-bond acceptors (Lipinski definition) is 6. The third-order valence-corrected chi connectivity index (χ3v) is 3.36. The van der Waals surface area contributed by atoms with Crippen LogP contribution in [0.5, 0.6) is 5.75 Å². The fourth-order valence-corrected chi connectivity index (χ4v) is 2.25. The number of carbonyl (C=O) groups is 1. The summed E-state index contributed by atoms with van der Waals surface area (Å²) < 4.78 is 7.12. The highest BCUT2D eigenvalue weighted by Gasteiger charge is 2.11. The van der Waals surface area contributed by atoms with E-state index >= 15 is 0 Å². The lowest BCUT2D eigenvalue weighted by Gasteiger charge is -2.09. The molecule has 8 heteroatoms. The van der Waals surface area contributed by atoms with Gasteiger partial charge in [-0.15, -0.1) is 5.10 Å². The molecule has 2 aromatic rings. The van der Waals surface area contributed by atoms with Crippen molar-refractivity contribution in [3.8, 4) is 17.1 Å². The molecule has 1 aromatic carbocycles. The third kappa shape index (κ3) is 4.67. The summed E-state index contributed by atoms with van der Waals surface area (Å²) in [5.41, 5.74) is 7.34. The Bertz CT molecular complexity index is 656. The van der Waals surface area contributed by atoms with E-state index < -0.39 is 5.97 Å². The second-order valence-electron chi connectivity index (χ2n) is 5.12. The van der Waals surface area contributed by atoms with Crippen LogP contribution in [0.2, 0.25) is 0 Å². The standard InChI is InChI=1S/C15H21N5O3/c1-2-23-13-8-7-11(10-12(13)16)15-17-18-19-20(15)9-5-3-4-6-14(21)22/h7-8,10H,2-6,9,16H2,1H3,(H,21,22). The maximum absolute atomic E-state index is 10.5. The first kappa shape index (κ1) is 16.7. The summed E-state index contributed by atoms with van der Waals surface area (Å²) in [6.45, 7) is 3.09. The van der Waals surface area contributed by atoms with Gasteiger partial charge in [-0.05, 0) is 48.4 Å². The van der Waals surface area contributed by atoms with Gasteiger partial charge in [0.1, 0.15) is 5.75 Å². The number of aromatic nitrogens is 4. The number of carboxylic acid groups (broad SMARTS) is 1. The first-order valence-corrected chi connectivity index (χ1v) is 7.62. The van der Waals surface area contributed by atoms with Crippen LogP contribution >= 0.6 is 0 Å². The van der Waals surface area contributed by atoms with E-state index in [0.717, 1.165) is 18.4 Å². The van der Waals surface area contributed by atoms with E-state index in [1.807, 2.05) is 13.0 Å². The number of rotatable bonds is 9. The number of unbranched alkanes of at least 4 members (excludes halogenated alkanes) is 2. The fourth-order valence-electron chi connectivity index (χ4n) is 2.25. The monoisotopic (exact) mass is 319 g/mol. The number of nitrogen functional groups attached to an aromatic ring is 1. The Hall–Kier alpha value is -2.64. The molecule has 0 aliphatic rings. The number of nitrogens with zero attached hydrogens (tertiary/aromatic N) is 4. The quantitative estimate of drug-likeness (QED) is 0.536. The molecule has 3 N–H and O–H groups in total. The van der Waals surface area contributed by atoms with Crippen molar-refractivity contribution in [1.82, 2.24) is 20.2 Å². The average molecular weight is 319 g/mol. The topological polar surface area (TPSA) is 116 Å². The van der Waals surface area contributed by atoms with E-state index in [1.165, 1.54) is 0 Å². The Morgan fingerprint density at radius 2 is 2.17 bits per heavy atom. The van der Waals surface area contributed by atoms with Crippen LogP contribution in [0.15, 0.2) is 18.2 Å². The number of carboxylic acids is 1. The first-order chi connectivity index (χ1) is 11.1. The molecule has 0 bridgehead atoms. The molecule has 124 valence electrons. The number of aliphatic carboxylic acids is 1. The van der Waals surface area contributed by atoms with E-state index in [-0.39, 0.29) is 6.42 Å². The molecule has 0 saturated heterocycles. The van der Waals surface area contributed by atoms with Gasteiger partial charge in [0, 0.05) is 18.5 Å². The summed E-state index contributed by atoms with van der Waals surface area (Å²) in [4.78, 5) is 10.5. The van der Waals surface area contributed by atoms with Gasteiger partial charge in [0.15, 0.2) is 5.82 Å². The minimum Gasteiger partial charge on any atom is -0.492 e. The van der Waals surface area contributed by atoms with Crippen LogP contribution in [0.3, 0.4) is 0 Å². The Morgan fingerprint density at radius 1 is 1.35 bits per heavy atom. The maximum Gasteiger partial charge on any atom is 0.303 e. The summed E-state index contributed by atoms with van der Waals surface area (Å²) >= 11 is 0. The first-order valence-electron chi connectivity index (χ1n) is 7.62. The van der Waals surface area contributed by atoms with Gasteiger partial charge in [-0.25, -0.2) is 4.68 Å². The highest BCUT2D eigenvalue weighted by atomic mass is 16.5. The fraction of sp³-hybridized carbons (Fsp3) is 0.467. The van der Waals surface area contributed by atoms with Gasteiger partial charge in [0.2, 0.25) is 0 Å². The number of tetrazole rings is 1. The second kappa shape index (κ2) is 8.11. The van der Waals surface area contributed by atoms with Crippen molar-refractivity contribution in [1.29, 1.82) is 0 Å². The van der Waals surface area contributed by atoms with Crippen LogP contribution in [0.4, 0.5) is 5.69 Å². The highest BCUT2D eigenvalue weighted by Crippen LogP contribution is 2.27. The van der Waals surface area contributed by atoms with Gasteiger partial charge in [-0.2, -0.15) is 0 Å². The molecule has 23 heavy (non-hydrogen) atoms. The van der Waals surface area contributed by atoms with E-state index in [0.29, 0.717) is 36.8 Å². The molecule has 0 spiro atoms. The van der Waals surface area contributed by atoms with Crippen LogP contribution in [0, 0.1) is 0 Å². The second-order valence-corrected chi connectivity index (χ2v) is 5.12. The van der Waals surface area contributed by atoms with E-state index in [1.54, 1.807) is 16.8 Å². The molecular formula is C15H21N5O3. The molecule has 0 amide bonds. The zero-order valence-corrected chi connectivity index (χ0v) is 13.1. The highest BCUT2D eigenvalue weighted by molar-refractivity contribution is 5.66.